The summed E-state index contributed by atoms with van der Waals surface area (Å²) in [6.07, 6.45) is 0. The first kappa shape index (κ1) is 17.3. The monoisotopic (exact) mass is 330 g/mol. The summed E-state index contributed by atoms with van der Waals surface area (Å²) in [6.45, 7) is 8.91. The van der Waals surface area contributed by atoms with Gasteiger partial charge in [0.1, 0.15) is 5.75 Å². The Morgan fingerprint density at radius 1 is 0.640 bits per heavy atom. The van der Waals surface area contributed by atoms with Crippen LogP contribution in [0.3, 0.4) is 0 Å². The van der Waals surface area contributed by atoms with Gasteiger partial charge in [0.05, 0.1) is 7.11 Å². The van der Waals surface area contributed by atoms with Crippen LogP contribution in [0.5, 0.6) is 5.75 Å². The molecule has 0 atom stereocenters. The molecule has 3 aromatic carbocycles. The van der Waals surface area contributed by atoms with Crippen LogP contribution in [0.4, 0.5) is 0 Å². The Morgan fingerprint density at radius 3 is 1.56 bits per heavy atom. The van der Waals surface area contributed by atoms with E-state index in [1.165, 1.54) is 33.4 Å². The third-order valence-electron chi connectivity index (χ3n) is 4.61. The molecule has 0 aliphatic rings. The number of hydrogen-bond acceptors (Lipinski definition) is 1. The van der Waals surface area contributed by atoms with Crippen LogP contribution >= 0.6 is 0 Å². The highest BCUT2D eigenvalue weighted by Gasteiger charge is 2.16. The fraction of sp³-hybridized carbons (Fsp3) is 0.250. The predicted octanol–water partition coefficient (Wildman–Crippen LogP) is 6.64. The Hall–Kier alpha value is -2.54. The zero-order valence-electron chi connectivity index (χ0n) is 15.8. The molecular weight excluding hydrogens is 304 g/mol. The van der Waals surface area contributed by atoms with Gasteiger partial charge in [0, 0.05) is 0 Å². The lowest BCUT2D eigenvalue weighted by Gasteiger charge is -2.22. The first-order valence-electron chi connectivity index (χ1n) is 8.74. The number of rotatable bonds is 3. The van der Waals surface area contributed by atoms with Gasteiger partial charge in [-0.05, 0) is 58.4 Å². The van der Waals surface area contributed by atoms with Gasteiger partial charge in [0.2, 0.25) is 0 Å². The number of benzene rings is 3. The zero-order valence-corrected chi connectivity index (χ0v) is 15.8. The molecule has 0 N–H and O–H groups in total. The summed E-state index contributed by atoms with van der Waals surface area (Å²) in [4.78, 5) is 0. The van der Waals surface area contributed by atoms with Crippen LogP contribution in [0.25, 0.3) is 22.3 Å². The van der Waals surface area contributed by atoms with Crippen molar-refractivity contribution in [2.45, 2.75) is 33.1 Å². The van der Waals surface area contributed by atoms with E-state index in [0.717, 1.165) is 5.75 Å². The van der Waals surface area contributed by atoms with E-state index < -0.39 is 0 Å². The van der Waals surface area contributed by atoms with E-state index >= 15 is 0 Å². The van der Waals surface area contributed by atoms with Crippen LogP contribution in [-0.2, 0) is 5.41 Å². The quantitative estimate of drug-likeness (QED) is 0.523. The van der Waals surface area contributed by atoms with Gasteiger partial charge in [-0.1, -0.05) is 74.9 Å². The van der Waals surface area contributed by atoms with Gasteiger partial charge in [-0.25, -0.2) is 0 Å². The van der Waals surface area contributed by atoms with Crippen LogP contribution in [-0.4, -0.2) is 7.11 Å². The van der Waals surface area contributed by atoms with Crippen LogP contribution in [0.1, 0.15) is 31.9 Å². The molecule has 3 rings (SSSR count). The highest BCUT2D eigenvalue weighted by atomic mass is 16.5. The van der Waals surface area contributed by atoms with E-state index in [2.05, 4.69) is 82.3 Å². The summed E-state index contributed by atoms with van der Waals surface area (Å²) >= 11 is 0. The number of aryl methyl sites for hydroxylation is 1. The van der Waals surface area contributed by atoms with Crippen molar-refractivity contribution >= 4 is 0 Å². The highest BCUT2D eigenvalue weighted by Crippen LogP contribution is 2.34. The number of ether oxygens (including phenoxy) is 1. The van der Waals surface area contributed by atoms with Crippen LogP contribution in [0.2, 0.25) is 0 Å². The third kappa shape index (κ3) is 3.93. The summed E-state index contributed by atoms with van der Waals surface area (Å²) in [5.74, 6) is 0.884. The first-order chi connectivity index (χ1) is 11.9. The Bertz CT molecular complexity index is 850. The average Bonchev–Trinajstić information content (AvgIpc) is 2.61. The Kier molecular flexibility index (Phi) is 4.67. The molecule has 25 heavy (non-hydrogen) atoms. The lowest BCUT2D eigenvalue weighted by molar-refractivity contribution is 0.415. The van der Waals surface area contributed by atoms with Gasteiger partial charge in [0.25, 0.3) is 0 Å². The molecule has 0 heterocycles. The summed E-state index contributed by atoms with van der Waals surface area (Å²) in [6, 6.07) is 23.9. The molecule has 0 saturated heterocycles. The van der Waals surface area contributed by atoms with Gasteiger partial charge in [-0.3, -0.25) is 0 Å². The fourth-order valence-corrected chi connectivity index (χ4v) is 2.92. The van der Waals surface area contributed by atoms with Gasteiger partial charge in [-0.15, -0.1) is 0 Å². The second-order valence-corrected chi connectivity index (χ2v) is 7.64. The smallest absolute Gasteiger partial charge is 0.118 e. The van der Waals surface area contributed by atoms with E-state index in [1.54, 1.807) is 7.11 Å². The summed E-state index contributed by atoms with van der Waals surface area (Å²) in [5, 5.41) is 0. The van der Waals surface area contributed by atoms with Crippen molar-refractivity contribution in [1.82, 2.24) is 0 Å². The zero-order chi connectivity index (χ0) is 18.0. The summed E-state index contributed by atoms with van der Waals surface area (Å²) < 4.78 is 5.29. The summed E-state index contributed by atoms with van der Waals surface area (Å²) in [7, 11) is 1.70. The van der Waals surface area contributed by atoms with Gasteiger partial charge >= 0.3 is 0 Å². The topological polar surface area (TPSA) is 9.23 Å². The maximum Gasteiger partial charge on any atom is 0.118 e. The van der Waals surface area contributed by atoms with Crippen molar-refractivity contribution in [1.29, 1.82) is 0 Å². The van der Waals surface area contributed by atoms with Crippen LogP contribution < -0.4 is 4.74 Å². The van der Waals surface area contributed by atoms with Gasteiger partial charge in [0.15, 0.2) is 0 Å². The molecule has 0 aromatic heterocycles. The van der Waals surface area contributed by atoms with E-state index in [-0.39, 0.29) is 5.41 Å². The normalized spacial score (nSPS) is 11.4. The van der Waals surface area contributed by atoms with E-state index in [0.29, 0.717) is 0 Å². The van der Waals surface area contributed by atoms with Crippen molar-refractivity contribution in [3.05, 3.63) is 77.9 Å². The summed E-state index contributed by atoms with van der Waals surface area (Å²) in [5.41, 5.74) is 7.69. The van der Waals surface area contributed by atoms with Gasteiger partial charge < -0.3 is 4.74 Å². The van der Waals surface area contributed by atoms with Crippen molar-refractivity contribution < 1.29 is 4.74 Å². The minimum Gasteiger partial charge on any atom is -0.497 e. The van der Waals surface area contributed by atoms with E-state index in [9.17, 15) is 0 Å². The molecular formula is C24H26O. The maximum absolute atomic E-state index is 5.29. The largest absolute Gasteiger partial charge is 0.497 e. The molecule has 0 aliphatic heterocycles. The van der Waals surface area contributed by atoms with E-state index in [4.69, 9.17) is 4.74 Å². The Morgan fingerprint density at radius 2 is 1.12 bits per heavy atom. The fourth-order valence-electron chi connectivity index (χ4n) is 2.92. The molecule has 0 unspecified atom stereocenters. The van der Waals surface area contributed by atoms with Crippen molar-refractivity contribution in [3.63, 3.8) is 0 Å². The van der Waals surface area contributed by atoms with Gasteiger partial charge in [-0.2, -0.15) is 0 Å². The first-order valence-corrected chi connectivity index (χ1v) is 8.74. The molecule has 1 heteroatoms. The highest BCUT2D eigenvalue weighted by molar-refractivity contribution is 5.75. The molecule has 0 fully saturated rings. The second kappa shape index (κ2) is 6.76. The lowest BCUT2D eigenvalue weighted by Crippen LogP contribution is -2.11. The maximum atomic E-state index is 5.29. The molecule has 0 radical (unpaired) electrons. The SMILES string of the molecule is COc1ccc(-c2cc(-c3ccc(C)cc3)cc(C(C)(C)C)c2)cc1. The number of methoxy groups -OCH3 is 1. The van der Waals surface area contributed by atoms with E-state index in [1.807, 2.05) is 12.1 Å². The second-order valence-electron chi connectivity index (χ2n) is 7.64. The molecule has 3 aromatic rings. The minimum absolute atomic E-state index is 0.0991. The number of hydrogen-bond donors (Lipinski definition) is 0. The standard InChI is InChI=1S/C24H26O/c1-17-6-8-18(9-7-17)20-14-21(16-22(15-20)24(2,3)4)19-10-12-23(25-5)13-11-19/h6-16H,1-5H3. The molecule has 0 spiro atoms. The predicted molar refractivity (Wildman–Crippen MR) is 107 cm³/mol. The molecule has 1 nitrogen and oxygen atoms in total. The lowest BCUT2D eigenvalue weighted by atomic mass is 9.83. The molecule has 128 valence electrons. The average molecular weight is 330 g/mol. The molecule has 0 aliphatic carbocycles. The van der Waals surface area contributed by atoms with Crippen LogP contribution in [0.15, 0.2) is 66.7 Å². The van der Waals surface area contributed by atoms with Crippen molar-refractivity contribution in [2.75, 3.05) is 7.11 Å². The van der Waals surface area contributed by atoms with Crippen LogP contribution in [0, 0.1) is 6.92 Å². The van der Waals surface area contributed by atoms with Crippen molar-refractivity contribution in [3.8, 4) is 28.0 Å². The third-order valence-corrected chi connectivity index (χ3v) is 4.61. The molecule has 0 amide bonds. The Balaban J connectivity index is 2.14. The molecule has 0 saturated carbocycles. The Labute approximate surface area is 151 Å². The molecule has 0 bridgehead atoms. The van der Waals surface area contributed by atoms with Crippen molar-refractivity contribution in [2.24, 2.45) is 0 Å². The minimum atomic E-state index is 0.0991.